The van der Waals surface area contributed by atoms with E-state index in [1.165, 1.54) is 11.3 Å². The Kier molecular flexibility index (Phi) is 4.56. The molecular weight excluding hydrogens is 212 g/mol. The monoisotopic (exact) mass is 224 g/mol. The summed E-state index contributed by atoms with van der Waals surface area (Å²) in [6.07, 6.45) is 1.58. The molecule has 1 aromatic rings. The molecule has 0 radical (unpaired) electrons. The Balaban J connectivity index is 2.28. The van der Waals surface area contributed by atoms with Crippen molar-refractivity contribution in [2.45, 2.75) is 0 Å². The zero-order valence-corrected chi connectivity index (χ0v) is 8.97. The molecule has 1 aromatic heterocycles. The maximum Gasteiger partial charge on any atom is 0.261 e. The van der Waals surface area contributed by atoms with Crippen LogP contribution in [-0.2, 0) is 4.79 Å². The third-order valence-electron chi connectivity index (χ3n) is 1.60. The third kappa shape index (κ3) is 3.95. The predicted octanol–water partition coefficient (Wildman–Crippen LogP) is 0.780. The van der Waals surface area contributed by atoms with Gasteiger partial charge in [0.1, 0.15) is 0 Å². The lowest BCUT2D eigenvalue weighted by Gasteiger charge is -2.03. The molecule has 0 aliphatic rings. The van der Waals surface area contributed by atoms with Crippen molar-refractivity contribution in [3.63, 3.8) is 0 Å². The predicted molar refractivity (Wildman–Crippen MR) is 59.9 cm³/mol. The van der Waals surface area contributed by atoms with Crippen LogP contribution in [0.4, 0.5) is 0 Å². The lowest BCUT2D eigenvalue weighted by Crippen LogP contribution is -2.36. The number of carbonyl (C=O) groups is 2. The molecule has 0 aromatic carbocycles. The van der Waals surface area contributed by atoms with Crippen molar-refractivity contribution in [2.75, 3.05) is 13.1 Å². The van der Waals surface area contributed by atoms with Crippen molar-refractivity contribution in [3.8, 4) is 0 Å². The Morgan fingerprint density at radius 3 is 2.87 bits per heavy atom. The first-order chi connectivity index (χ1) is 7.24. The van der Waals surface area contributed by atoms with Gasteiger partial charge in [-0.15, -0.1) is 17.9 Å². The van der Waals surface area contributed by atoms with E-state index in [1.807, 2.05) is 5.38 Å². The maximum atomic E-state index is 11.4. The summed E-state index contributed by atoms with van der Waals surface area (Å²) in [4.78, 5) is 23.1. The standard InChI is InChI=1S/C10H12N2O2S/c1-2-5-11-9(13)7-12-10(14)8-4-3-6-15-8/h2-4,6H,1,5,7H2,(H,11,13)(H,12,14). The van der Waals surface area contributed by atoms with Gasteiger partial charge in [0, 0.05) is 6.54 Å². The SMILES string of the molecule is C=CCNC(=O)CNC(=O)c1cccs1. The van der Waals surface area contributed by atoms with E-state index in [0.29, 0.717) is 11.4 Å². The quantitative estimate of drug-likeness (QED) is 0.726. The van der Waals surface area contributed by atoms with Gasteiger partial charge in [0.05, 0.1) is 11.4 Å². The van der Waals surface area contributed by atoms with Gasteiger partial charge in [0.15, 0.2) is 0 Å². The Labute approximate surface area is 92.0 Å². The van der Waals surface area contributed by atoms with Crippen molar-refractivity contribution >= 4 is 23.2 Å². The van der Waals surface area contributed by atoms with E-state index in [4.69, 9.17) is 0 Å². The van der Waals surface area contributed by atoms with Crippen LogP contribution in [-0.4, -0.2) is 24.9 Å². The van der Waals surface area contributed by atoms with Gasteiger partial charge in [-0.1, -0.05) is 12.1 Å². The molecule has 0 spiro atoms. The summed E-state index contributed by atoms with van der Waals surface area (Å²) < 4.78 is 0. The van der Waals surface area contributed by atoms with E-state index >= 15 is 0 Å². The van der Waals surface area contributed by atoms with Gasteiger partial charge < -0.3 is 10.6 Å². The summed E-state index contributed by atoms with van der Waals surface area (Å²) in [5, 5.41) is 6.90. The Morgan fingerprint density at radius 2 is 2.27 bits per heavy atom. The normalized spacial score (nSPS) is 9.33. The molecule has 1 heterocycles. The molecule has 80 valence electrons. The van der Waals surface area contributed by atoms with Gasteiger partial charge in [0.2, 0.25) is 5.91 Å². The van der Waals surface area contributed by atoms with Gasteiger partial charge in [-0.25, -0.2) is 0 Å². The van der Waals surface area contributed by atoms with Crippen molar-refractivity contribution in [1.29, 1.82) is 0 Å². The van der Waals surface area contributed by atoms with E-state index in [1.54, 1.807) is 18.2 Å². The fraction of sp³-hybridized carbons (Fsp3) is 0.200. The molecule has 0 aliphatic heterocycles. The first-order valence-electron chi connectivity index (χ1n) is 4.43. The van der Waals surface area contributed by atoms with Crippen molar-refractivity contribution < 1.29 is 9.59 Å². The van der Waals surface area contributed by atoms with E-state index < -0.39 is 0 Å². The number of carbonyl (C=O) groups excluding carboxylic acids is 2. The summed E-state index contributed by atoms with van der Waals surface area (Å²) in [6.45, 7) is 3.87. The second kappa shape index (κ2) is 5.98. The highest BCUT2D eigenvalue weighted by molar-refractivity contribution is 7.12. The number of nitrogens with one attached hydrogen (secondary N) is 2. The van der Waals surface area contributed by atoms with Crippen LogP contribution >= 0.6 is 11.3 Å². The third-order valence-corrected chi connectivity index (χ3v) is 2.47. The fourth-order valence-electron chi connectivity index (χ4n) is 0.904. The minimum absolute atomic E-state index is 0.00935. The molecule has 0 bridgehead atoms. The molecule has 15 heavy (non-hydrogen) atoms. The Morgan fingerprint density at radius 1 is 1.47 bits per heavy atom. The summed E-state index contributed by atoms with van der Waals surface area (Å²) in [5.41, 5.74) is 0. The van der Waals surface area contributed by atoms with Crippen LogP contribution in [0.1, 0.15) is 9.67 Å². The number of hydrogen-bond acceptors (Lipinski definition) is 3. The Bertz CT molecular complexity index is 346. The number of amides is 2. The van der Waals surface area contributed by atoms with E-state index in [9.17, 15) is 9.59 Å². The van der Waals surface area contributed by atoms with Crippen LogP contribution in [0, 0.1) is 0 Å². The highest BCUT2D eigenvalue weighted by atomic mass is 32.1. The van der Waals surface area contributed by atoms with Crippen LogP contribution in [0.2, 0.25) is 0 Å². The molecule has 2 amide bonds. The van der Waals surface area contributed by atoms with Crippen LogP contribution in [0.25, 0.3) is 0 Å². The van der Waals surface area contributed by atoms with Gasteiger partial charge >= 0.3 is 0 Å². The second-order valence-electron chi connectivity index (χ2n) is 2.75. The van der Waals surface area contributed by atoms with Crippen LogP contribution in [0.15, 0.2) is 30.2 Å². The molecule has 0 atom stereocenters. The number of hydrogen-bond donors (Lipinski definition) is 2. The molecule has 5 heteroatoms. The van der Waals surface area contributed by atoms with Gasteiger partial charge in [-0.05, 0) is 11.4 Å². The second-order valence-corrected chi connectivity index (χ2v) is 3.70. The molecule has 0 saturated heterocycles. The lowest BCUT2D eigenvalue weighted by molar-refractivity contribution is -0.119. The Hall–Kier alpha value is -1.62. The summed E-state index contributed by atoms with van der Waals surface area (Å²) >= 11 is 1.34. The van der Waals surface area contributed by atoms with Gasteiger partial charge in [-0.3, -0.25) is 9.59 Å². The first-order valence-corrected chi connectivity index (χ1v) is 5.31. The molecule has 4 nitrogen and oxygen atoms in total. The molecule has 0 saturated carbocycles. The van der Waals surface area contributed by atoms with Crippen molar-refractivity contribution in [2.24, 2.45) is 0 Å². The van der Waals surface area contributed by atoms with E-state index in [2.05, 4.69) is 17.2 Å². The first kappa shape index (κ1) is 11.5. The smallest absolute Gasteiger partial charge is 0.261 e. The average molecular weight is 224 g/mol. The number of rotatable bonds is 5. The number of thiophene rings is 1. The molecule has 0 unspecified atom stereocenters. The van der Waals surface area contributed by atoms with Gasteiger partial charge in [-0.2, -0.15) is 0 Å². The topological polar surface area (TPSA) is 58.2 Å². The average Bonchev–Trinajstić information content (AvgIpc) is 2.76. The highest BCUT2D eigenvalue weighted by Gasteiger charge is 2.07. The molecular formula is C10H12N2O2S. The molecule has 0 fully saturated rings. The summed E-state index contributed by atoms with van der Waals surface area (Å²) in [7, 11) is 0. The summed E-state index contributed by atoms with van der Waals surface area (Å²) in [5.74, 6) is -0.446. The van der Waals surface area contributed by atoms with Crippen LogP contribution < -0.4 is 10.6 Å². The zero-order chi connectivity index (χ0) is 11.1. The lowest BCUT2D eigenvalue weighted by atomic mass is 10.4. The molecule has 0 aliphatic carbocycles. The highest BCUT2D eigenvalue weighted by Crippen LogP contribution is 2.07. The fourth-order valence-corrected chi connectivity index (χ4v) is 1.54. The maximum absolute atomic E-state index is 11.4. The zero-order valence-electron chi connectivity index (χ0n) is 8.16. The van der Waals surface area contributed by atoms with Crippen LogP contribution in [0.3, 0.4) is 0 Å². The minimum atomic E-state index is -0.223. The van der Waals surface area contributed by atoms with Crippen LogP contribution in [0.5, 0.6) is 0 Å². The molecule has 1 rings (SSSR count). The molecule has 2 N–H and O–H groups in total. The van der Waals surface area contributed by atoms with Gasteiger partial charge in [0.25, 0.3) is 5.91 Å². The van der Waals surface area contributed by atoms with E-state index in [0.717, 1.165) is 0 Å². The van der Waals surface area contributed by atoms with Crippen molar-refractivity contribution in [3.05, 3.63) is 35.0 Å². The summed E-state index contributed by atoms with van der Waals surface area (Å²) in [6, 6.07) is 3.50. The largest absolute Gasteiger partial charge is 0.351 e. The van der Waals surface area contributed by atoms with Crippen molar-refractivity contribution in [1.82, 2.24) is 10.6 Å². The van der Waals surface area contributed by atoms with E-state index in [-0.39, 0.29) is 18.4 Å². The minimum Gasteiger partial charge on any atom is -0.351 e.